The zero-order chi connectivity index (χ0) is 10.9. The summed E-state index contributed by atoms with van der Waals surface area (Å²) in [4.78, 5) is 2.62. The largest absolute Gasteiger partial charge is 0.316 e. The Bertz CT molecular complexity index is 404. The molecule has 1 rings (SSSR count). The van der Waals surface area contributed by atoms with Gasteiger partial charge in [-0.15, -0.1) is 0 Å². The summed E-state index contributed by atoms with van der Waals surface area (Å²) in [6.45, 7) is 1.07. The van der Waals surface area contributed by atoms with Crippen molar-refractivity contribution in [1.29, 1.82) is 0 Å². The maximum Gasteiger partial charge on any atom is 0.0880 e. The predicted molar refractivity (Wildman–Crippen MR) is 60.1 cm³/mol. The molecule has 0 amide bonds. The van der Waals surface area contributed by atoms with Gasteiger partial charge in [0.25, 0.3) is 0 Å². The van der Waals surface area contributed by atoms with E-state index in [1.54, 1.807) is 0 Å². The van der Waals surface area contributed by atoms with Gasteiger partial charge in [0.2, 0.25) is 0 Å². The van der Waals surface area contributed by atoms with Gasteiger partial charge in [-0.3, -0.25) is 0 Å². The fourth-order valence-electron chi connectivity index (χ4n) is 1.12. The fourth-order valence-corrected chi connectivity index (χ4v) is 1.12. The van der Waals surface area contributed by atoms with E-state index in [1.807, 2.05) is 31.3 Å². The third kappa shape index (κ3) is 4.19. The molecule has 0 unspecified atom stereocenters. The topological polar surface area (TPSA) is 60.8 Å². The van der Waals surface area contributed by atoms with Crippen molar-refractivity contribution in [2.45, 2.75) is 6.54 Å². The van der Waals surface area contributed by atoms with Crippen LogP contribution in [0.25, 0.3) is 10.4 Å². The average Bonchev–Trinajstić information content (AvgIpc) is 2.27. The number of azide groups is 1. The zero-order valence-corrected chi connectivity index (χ0v) is 8.57. The number of hydrogen-bond acceptors (Lipinski definition) is 2. The predicted octanol–water partition coefficient (Wildman–Crippen LogP) is 2.07. The van der Waals surface area contributed by atoms with Crippen LogP contribution in [0, 0.1) is 11.8 Å². The first kappa shape index (κ1) is 11.1. The molecule has 1 N–H and O–H groups in total. The average molecular weight is 200 g/mol. The summed E-state index contributed by atoms with van der Waals surface area (Å²) in [5, 5.41) is 6.40. The lowest BCUT2D eigenvalue weighted by Crippen LogP contribution is -2.04. The van der Waals surface area contributed by atoms with Gasteiger partial charge < -0.3 is 5.32 Å². The van der Waals surface area contributed by atoms with Gasteiger partial charge in [0.1, 0.15) is 0 Å². The van der Waals surface area contributed by atoms with E-state index >= 15 is 0 Å². The van der Waals surface area contributed by atoms with Crippen LogP contribution in [0.4, 0.5) is 0 Å². The molecule has 15 heavy (non-hydrogen) atoms. The summed E-state index contributed by atoms with van der Waals surface area (Å²) in [6.07, 6.45) is 0. The molecule has 4 nitrogen and oxygen atoms in total. The van der Waals surface area contributed by atoms with E-state index in [0.29, 0.717) is 0 Å². The quantitative estimate of drug-likeness (QED) is 0.345. The van der Waals surface area contributed by atoms with Crippen LogP contribution < -0.4 is 5.32 Å². The smallest absolute Gasteiger partial charge is 0.0880 e. The van der Waals surface area contributed by atoms with Crippen molar-refractivity contribution in [3.8, 4) is 11.8 Å². The van der Waals surface area contributed by atoms with Gasteiger partial charge in [-0.2, -0.15) is 0 Å². The second kappa shape index (κ2) is 6.50. The van der Waals surface area contributed by atoms with E-state index in [9.17, 15) is 0 Å². The molecule has 0 radical (unpaired) electrons. The Kier molecular flexibility index (Phi) is 4.82. The van der Waals surface area contributed by atoms with Gasteiger partial charge in [-0.05, 0) is 30.3 Å². The maximum absolute atomic E-state index is 8.04. The highest BCUT2D eigenvalue weighted by molar-refractivity contribution is 5.36. The minimum Gasteiger partial charge on any atom is -0.316 e. The highest BCUT2D eigenvalue weighted by Gasteiger charge is 1.89. The molecule has 0 aliphatic carbocycles. The third-order valence-corrected chi connectivity index (χ3v) is 1.78. The molecular weight excluding hydrogens is 188 g/mol. The molecule has 76 valence electrons. The zero-order valence-electron chi connectivity index (χ0n) is 8.57. The first-order valence-electron chi connectivity index (χ1n) is 4.60. The van der Waals surface area contributed by atoms with Gasteiger partial charge in [-0.25, -0.2) is 0 Å². The Balaban J connectivity index is 2.62. The lowest BCUT2D eigenvalue weighted by atomic mass is 10.1. The van der Waals surface area contributed by atoms with E-state index in [4.69, 9.17) is 5.53 Å². The van der Waals surface area contributed by atoms with Gasteiger partial charge in [0.05, 0.1) is 6.54 Å². The van der Waals surface area contributed by atoms with E-state index in [1.165, 1.54) is 5.56 Å². The lowest BCUT2D eigenvalue weighted by Gasteiger charge is -1.98. The number of nitrogens with one attached hydrogen (secondary N) is 1. The molecule has 4 heteroatoms. The van der Waals surface area contributed by atoms with Gasteiger partial charge >= 0.3 is 0 Å². The SMILES string of the molecule is CNCc1ccc(C#CCN=[N+]=[N-])cc1. The minimum absolute atomic E-state index is 0.217. The molecule has 0 saturated heterocycles. The van der Waals surface area contributed by atoms with E-state index in [2.05, 4.69) is 27.2 Å². The van der Waals surface area contributed by atoms with Gasteiger partial charge in [-0.1, -0.05) is 29.1 Å². The molecule has 0 fully saturated rings. The Labute approximate surface area is 88.9 Å². The minimum atomic E-state index is 0.217. The molecule has 0 aliphatic rings. The van der Waals surface area contributed by atoms with Gasteiger partial charge in [0, 0.05) is 17.0 Å². The van der Waals surface area contributed by atoms with Crippen molar-refractivity contribution in [2.24, 2.45) is 5.11 Å². The Hall–Kier alpha value is -1.95. The number of rotatable bonds is 3. The highest BCUT2D eigenvalue weighted by Crippen LogP contribution is 2.02. The number of hydrogen-bond donors (Lipinski definition) is 1. The Morgan fingerprint density at radius 3 is 2.73 bits per heavy atom. The van der Waals surface area contributed by atoms with Crippen LogP contribution in [0.15, 0.2) is 29.4 Å². The van der Waals surface area contributed by atoms with Crippen molar-refractivity contribution in [1.82, 2.24) is 5.32 Å². The maximum atomic E-state index is 8.04. The summed E-state index contributed by atoms with van der Waals surface area (Å²) in [6, 6.07) is 7.95. The van der Waals surface area contributed by atoms with Crippen LogP contribution in [0.1, 0.15) is 11.1 Å². The molecule has 0 saturated carbocycles. The summed E-state index contributed by atoms with van der Waals surface area (Å²) < 4.78 is 0. The van der Waals surface area contributed by atoms with Crippen LogP contribution in [0.3, 0.4) is 0 Å². The van der Waals surface area contributed by atoms with Crippen molar-refractivity contribution in [3.05, 3.63) is 45.8 Å². The van der Waals surface area contributed by atoms with Crippen molar-refractivity contribution < 1.29 is 0 Å². The van der Waals surface area contributed by atoms with E-state index in [0.717, 1.165) is 12.1 Å². The van der Waals surface area contributed by atoms with Crippen LogP contribution >= 0.6 is 0 Å². The standard InChI is InChI=1S/C11H12N4/c1-13-9-11-6-4-10(5-7-11)3-2-8-14-15-12/h4-7,13H,8-9H2,1H3. The second-order valence-corrected chi connectivity index (χ2v) is 2.92. The van der Waals surface area contributed by atoms with Crippen LogP contribution in [0.5, 0.6) is 0 Å². The second-order valence-electron chi connectivity index (χ2n) is 2.92. The summed E-state index contributed by atoms with van der Waals surface area (Å²) >= 11 is 0. The molecule has 0 spiro atoms. The summed E-state index contributed by atoms with van der Waals surface area (Å²) in [5.74, 6) is 5.68. The molecule has 0 aromatic heterocycles. The van der Waals surface area contributed by atoms with E-state index < -0.39 is 0 Å². The molecule has 1 aromatic carbocycles. The van der Waals surface area contributed by atoms with E-state index in [-0.39, 0.29) is 6.54 Å². The molecule has 0 atom stereocenters. The van der Waals surface area contributed by atoms with Crippen molar-refractivity contribution in [2.75, 3.05) is 13.6 Å². The third-order valence-electron chi connectivity index (χ3n) is 1.78. The number of benzene rings is 1. The molecule has 0 bridgehead atoms. The van der Waals surface area contributed by atoms with Crippen LogP contribution in [-0.4, -0.2) is 13.6 Å². The highest BCUT2D eigenvalue weighted by atomic mass is 15.1. The fraction of sp³-hybridized carbons (Fsp3) is 0.273. The lowest BCUT2D eigenvalue weighted by molar-refractivity contribution is 0.818. The first-order valence-corrected chi connectivity index (χ1v) is 4.60. The Morgan fingerprint density at radius 2 is 2.13 bits per heavy atom. The van der Waals surface area contributed by atoms with Crippen molar-refractivity contribution in [3.63, 3.8) is 0 Å². The first-order chi connectivity index (χ1) is 7.36. The van der Waals surface area contributed by atoms with Crippen molar-refractivity contribution >= 4 is 0 Å². The van der Waals surface area contributed by atoms with Crippen LogP contribution in [-0.2, 0) is 6.54 Å². The van der Waals surface area contributed by atoms with Gasteiger partial charge in [0.15, 0.2) is 0 Å². The number of nitrogens with zero attached hydrogens (tertiary/aromatic N) is 3. The summed E-state index contributed by atoms with van der Waals surface area (Å²) in [7, 11) is 1.91. The normalized spacial score (nSPS) is 8.60. The molecule has 0 heterocycles. The molecule has 1 aromatic rings. The molecular formula is C11H12N4. The molecule has 0 aliphatic heterocycles. The monoisotopic (exact) mass is 200 g/mol. The summed E-state index contributed by atoms with van der Waals surface area (Å²) in [5.41, 5.74) is 10.2. The Morgan fingerprint density at radius 1 is 1.40 bits per heavy atom. The van der Waals surface area contributed by atoms with Crippen LogP contribution in [0.2, 0.25) is 0 Å².